The highest BCUT2D eigenvalue weighted by Gasteiger charge is 2.34. The van der Waals surface area contributed by atoms with Gasteiger partial charge >= 0.3 is 5.97 Å². The SMILES string of the molecule is COc1ccccc1-c1coc2c3c(cc(O)c2c1=O)OC(=O)CC3c1ccc2c(c1)OCO2. The minimum atomic E-state index is -0.478. The van der Waals surface area contributed by atoms with Crippen LogP contribution in [0.15, 0.2) is 64.0 Å². The fourth-order valence-corrected chi connectivity index (χ4v) is 4.60. The van der Waals surface area contributed by atoms with Crippen LogP contribution >= 0.6 is 0 Å². The molecule has 1 N–H and O–H groups in total. The van der Waals surface area contributed by atoms with Gasteiger partial charge in [-0.15, -0.1) is 0 Å². The Hall–Kier alpha value is -4.46. The Bertz CT molecular complexity index is 1530. The summed E-state index contributed by atoms with van der Waals surface area (Å²) in [7, 11) is 1.51. The van der Waals surface area contributed by atoms with E-state index in [9.17, 15) is 14.7 Å². The lowest BCUT2D eigenvalue weighted by molar-refractivity contribution is -0.135. The number of methoxy groups -OCH3 is 1. The quantitative estimate of drug-likeness (QED) is 0.357. The number of phenols is 1. The third-order valence-corrected chi connectivity index (χ3v) is 6.17. The van der Waals surface area contributed by atoms with E-state index < -0.39 is 17.3 Å². The fourth-order valence-electron chi connectivity index (χ4n) is 4.60. The van der Waals surface area contributed by atoms with E-state index in [4.69, 9.17) is 23.4 Å². The van der Waals surface area contributed by atoms with E-state index in [1.54, 1.807) is 36.4 Å². The molecule has 0 spiro atoms. The van der Waals surface area contributed by atoms with Crippen LogP contribution in [0.3, 0.4) is 0 Å². The molecule has 2 aliphatic heterocycles. The van der Waals surface area contributed by atoms with Crippen molar-refractivity contribution < 1.29 is 33.3 Å². The molecule has 1 aromatic heterocycles. The molecular weight excluding hydrogens is 440 g/mol. The molecule has 3 heterocycles. The molecule has 170 valence electrons. The molecular formula is C26H18O8. The first-order valence-corrected chi connectivity index (χ1v) is 10.6. The summed E-state index contributed by atoms with van der Waals surface area (Å²) in [5.74, 6) is 0.567. The van der Waals surface area contributed by atoms with E-state index in [1.165, 1.54) is 19.4 Å². The molecule has 0 saturated heterocycles. The number of hydrogen-bond donors (Lipinski definition) is 1. The van der Waals surface area contributed by atoms with Crippen LogP contribution in [-0.4, -0.2) is 25.0 Å². The smallest absolute Gasteiger partial charge is 0.312 e. The molecule has 8 heteroatoms. The first-order valence-electron chi connectivity index (χ1n) is 10.6. The van der Waals surface area contributed by atoms with E-state index in [0.717, 1.165) is 5.56 Å². The maximum Gasteiger partial charge on any atom is 0.312 e. The fraction of sp³-hybridized carbons (Fsp3) is 0.154. The van der Waals surface area contributed by atoms with E-state index >= 15 is 0 Å². The lowest BCUT2D eigenvalue weighted by Gasteiger charge is -2.26. The number of esters is 1. The molecule has 8 nitrogen and oxygen atoms in total. The first kappa shape index (κ1) is 20.2. The predicted octanol–water partition coefficient (Wildman–Crippen LogP) is 4.34. The largest absolute Gasteiger partial charge is 0.507 e. The van der Waals surface area contributed by atoms with Crippen LogP contribution in [-0.2, 0) is 4.79 Å². The van der Waals surface area contributed by atoms with Gasteiger partial charge in [0.05, 0.1) is 19.1 Å². The molecule has 3 aromatic carbocycles. The van der Waals surface area contributed by atoms with Crippen LogP contribution < -0.4 is 24.4 Å². The highest BCUT2D eigenvalue weighted by Crippen LogP contribution is 2.47. The van der Waals surface area contributed by atoms with E-state index in [-0.39, 0.29) is 41.2 Å². The van der Waals surface area contributed by atoms with Gasteiger partial charge in [-0.25, -0.2) is 0 Å². The molecule has 0 radical (unpaired) electrons. The predicted molar refractivity (Wildman–Crippen MR) is 121 cm³/mol. The van der Waals surface area contributed by atoms with Gasteiger partial charge < -0.3 is 28.5 Å². The van der Waals surface area contributed by atoms with Gasteiger partial charge in [-0.05, 0) is 23.8 Å². The average molecular weight is 458 g/mol. The average Bonchev–Trinajstić information content (AvgIpc) is 3.31. The first-order chi connectivity index (χ1) is 16.5. The van der Waals surface area contributed by atoms with Crippen LogP contribution in [0, 0.1) is 0 Å². The molecule has 0 bridgehead atoms. The number of hydrogen-bond acceptors (Lipinski definition) is 8. The van der Waals surface area contributed by atoms with Gasteiger partial charge in [0.1, 0.15) is 34.5 Å². The highest BCUT2D eigenvalue weighted by molar-refractivity contribution is 5.94. The molecule has 1 atom stereocenters. The number of para-hydroxylation sites is 1. The molecule has 6 rings (SSSR count). The van der Waals surface area contributed by atoms with Crippen molar-refractivity contribution in [2.75, 3.05) is 13.9 Å². The van der Waals surface area contributed by atoms with Crippen molar-refractivity contribution >= 4 is 16.9 Å². The Morgan fingerprint density at radius 1 is 0.971 bits per heavy atom. The van der Waals surface area contributed by atoms with Crippen LogP contribution in [0.25, 0.3) is 22.1 Å². The third-order valence-electron chi connectivity index (χ3n) is 6.17. The summed E-state index contributed by atoms with van der Waals surface area (Å²) in [4.78, 5) is 25.9. The summed E-state index contributed by atoms with van der Waals surface area (Å²) in [5.41, 5.74) is 1.80. The monoisotopic (exact) mass is 458 g/mol. The van der Waals surface area contributed by atoms with Gasteiger partial charge in [0.25, 0.3) is 0 Å². The number of aromatic hydroxyl groups is 1. The molecule has 1 unspecified atom stereocenters. The van der Waals surface area contributed by atoms with Crippen molar-refractivity contribution in [3.05, 3.63) is 76.1 Å². The van der Waals surface area contributed by atoms with Crippen molar-refractivity contribution in [2.24, 2.45) is 0 Å². The van der Waals surface area contributed by atoms with Crippen molar-refractivity contribution in [1.82, 2.24) is 0 Å². The normalized spacial score (nSPS) is 16.3. The van der Waals surface area contributed by atoms with Crippen LogP contribution in [0.4, 0.5) is 0 Å². The number of carbonyl (C=O) groups is 1. The van der Waals surface area contributed by atoms with Gasteiger partial charge in [0.15, 0.2) is 11.5 Å². The summed E-state index contributed by atoms with van der Waals surface area (Å²) in [6.07, 6.45) is 1.37. The molecule has 0 aliphatic carbocycles. The standard InChI is InChI=1S/C26H18O8/c1-30-18-5-3-2-4-14(18)16-11-31-26-23-15(13-6-7-19-20(8-13)33-12-32-19)9-22(28)34-21(23)10-17(27)24(26)25(16)29/h2-8,10-11,15,27H,9,12H2,1H3. The number of rotatable bonds is 3. The summed E-state index contributed by atoms with van der Waals surface area (Å²) in [6.45, 7) is 0.124. The van der Waals surface area contributed by atoms with Gasteiger partial charge in [0.2, 0.25) is 12.2 Å². The number of ether oxygens (including phenoxy) is 4. The van der Waals surface area contributed by atoms with E-state index in [0.29, 0.717) is 28.4 Å². The molecule has 0 amide bonds. The number of fused-ring (bicyclic) bond motifs is 4. The summed E-state index contributed by atoms with van der Waals surface area (Å²) >= 11 is 0. The summed E-state index contributed by atoms with van der Waals surface area (Å²) < 4.78 is 27.7. The number of benzene rings is 3. The Balaban J connectivity index is 1.59. The number of carbonyl (C=O) groups excluding carboxylic acids is 1. The summed E-state index contributed by atoms with van der Waals surface area (Å²) in [6, 6.07) is 13.8. The minimum Gasteiger partial charge on any atom is -0.507 e. The lowest BCUT2D eigenvalue weighted by Crippen LogP contribution is -2.22. The zero-order chi connectivity index (χ0) is 23.4. The van der Waals surface area contributed by atoms with Crippen LogP contribution in [0.2, 0.25) is 0 Å². The highest BCUT2D eigenvalue weighted by atomic mass is 16.7. The Kier molecular flexibility index (Phi) is 4.48. The van der Waals surface area contributed by atoms with Gasteiger partial charge in [-0.3, -0.25) is 9.59 Å². The van der Waals surface area contributed by atoms with Crippen LogP contribution in [0.1, 0.15) is 23.5 Å². The van der Waals surface area contributed by atoms with Crippen LogP contribution in [0.5, 0.6) is 28.7 Å². The van der Waals surface area contributed by atoms with Gasteiger partial charge in [-0.2, -0.15) is 0 Å². The second-order valence-corrected chi connectivity index (χ2v) is 8.03. The zero-order valence-electron chi connectivity index (χ0n) is 18.0. The molecule has 0 fully saturated rings. The topological polar surface area (TPSA) is 104 Å². The van der Waals surface area contributed by atoms with E-state index in [2.05, 4.69) is 0 Å². The van der Waals surface area contributed by atoms with Gasteiger partial charge in [0, 0.05) is 23.1 Å². The maximum absolute atomic E-state index is 13.5. The number of phenolic OH excluding ortho intramolecular Hbond substituents is 1. The Labute approximate surface area is 192 Å². The lowest BCUT2D eigenvalue weighted by atomic mass is 9.84. The Morgan fingerprint density at radius 3 is 2.65 bits per heavy atom. The zero-order valence-corrected chi connectivity index (χ0v) is 18.0. The minimum absolute atomic E-state index is 0.00542. The van der Waals surface area contributed by atoms with Gasteiger partial charge in [-0.1, -0.05) is 24.3 Å². The summed E-state index contributed by atoms with van der Waals surface area (Å²) in [5, 5.41) is 10.8. The molecule has 0 saturated carbocycles. The molecule has 2 aliphatic rings. The van der Waals surface area contributed by atoms with Crippen molar-refractivity contribution in [3.8, 4) is 39.9 Å². The molecule has 4 aromatic rings. The Morgan fingerprint density at radius 2 is 1.79 bits per heavy atom. The molecule has 34 heavy (non-hydrogen) atoms. The van der Waals surface area contributed by atoms with E-state index in [1.807, 2.05) is 6.07 Å². The van der Waals surface area contributed by atoms with Crippen molar-refractivity contribution in [1.29, 1.82) is 0 Å². The third kappa shape index (κ3) is 2.99. The van der Waals surface area contributed by atoms with Crippen molar-refractivity contribution in [2.45, 2.75) is 12.3 Å². The second kappa shape index (κ2) is 7.55. The second-order valence-electron chi connectivity index (χ2n) is 8.03. The maximum atomic E-state index is 13.5. The van der Waals surface area contributed by atoms with Crippen molar-refractivity contribution in [3.63, 3.8) is 0 Å².